The van der Waals surface area contributed by atoms with Crippen molar-refractivity contribution in [2.45, 2.75) is 5.33 Å². The summed E-state index contributed by atoms with van der Waals surface area (Å²) in [4.78, 5) is 15.2. The predicted octanol–water partition coefficient (Wildman–Crippen LogP) is 3.07. The minimum absolute atomic E-state index is 0.109. The summed E-state index contributed by atoms with van der Waals surface area (Å²) in [5.41, 5.74) is 0.939. The van der Waals surface area contributed by atoms with Gasteiger partial charge in [-0.3, -0.25) is 4.79 Å². The molecule has 0 atom stereocenters. The van der Waals surface area contributed by atoms with Crippen LogP contribution in [0.15, 0.2) is 16.7 Å². The maximum atomic E-state index is 11.1. The number of halogens is 3. The van der Waals surface area contributed by atoms with E-state index in [1.54, 1.807) is 6.20 Å². The molecule has 0 saturated heterocycles. The zero-order valence-electron chi connectivity index (χ0n) is 7.06. The molecule has 1 N–H and O–H groups in total. The van der Waals surface area contributed by atoms with Crippen LogP contribution in [-0.2, 0) is 10.1 Å². The van der Waals surface area contributed by atoms with Crippen molar-refractivity contribution in [1.29, 1.82) is 0 Å². The third-order valence-corrected chi connectivity index (χ3v) is 3.00. The van der Waals surface area contributed by atoms with Crippen LogP contribution in [0, 0.1) is 0 Å². The van der Waals surface area contributed by atoms with Crippen LogP contribution >= 0.6 is 47.8 Å². The van der Waals surface area contributed by atoms with Crippen molar-refractivity contribution >= 4 is 59.5 Å². The molecule has 14 heavy (non-hydrogen) atoms. The van der Waals surface area contributed by atoms with E-state index in [2.05, 4.69) is 58.1 Å². The minimum atomic E-state index is -0.109. The number of carbonyl (C=O) groups excluding carboxylic acids is 1. The highest BCUT2D eigenvalue weighted by atomic mass is 79.9. The normalized spacial score (nSPS) is 9.93. The summed E-state index contributed by atoms with van der Waals surface area (Å²) >= 11 is 9.72. The Morgan fingerprint density at radius 2 is 2.21 bits per heavy atom. The van der Waals surface area contributed by atoms with Crippen molar-refractivity contribution in [3.05, 3.63) is 22.3 Å². The number of nitrogens with one attached hydrogen (secondary N) is 1. The second-order valence-corrected chi connectivity index (χ2v) is 4.51. The Hall–Kier alpha value is 0.0600. The Morgan fingerprint density at radius 3 is 2.79 bits per heavy atom. The van der Waals surface area contributed by atoms with Gasteiger partial charge < -0.3 is 5.32 Å². The molecular weight excluding hydrogens is 380 g/mol. The van der Waals surface area contributed by atoms with E-state index in [1.807, 2.05) is 6.07 Å². The quantitative estimate of drug-likeness (QED) is 0.811. The van der Waals surface area contributed by atoms with E-state index in [4.69, 9.17) is 0 Å². The fourth-order valence-electron chi connectivity index (χ4n) is 0.861. The molecule has 76 valence electrons. The van der Waals surface area contributed by atoms with Gasteiger partial charge in [0, 0.05) is 21.6 Å². The average molecular weight is 387 g/mol. The van der Waals surface area contributed by atoms with Gasteiger partial charge in [0.1, 0.15) is 5.82 Å². The standard InChI is InChI=1S/C8H7Br3N2O/c9-2-5-1-6(11)4-12-8(5)13-7(14)3-10/h1,4H,2-3H2,(H,12,13,14). The first kappa shape index (κ1) is 12.1. The molecule has 1 heterocycles. The van der Waals surface area contributed by atoms with Gasteiger partial charge >= 0.3 is 0 Å². The van der Waals surface area contributed by atoms with Crippen molar-refractivity contribution in [3.8, 4) is 0 Å². The lowest BCUT2D eigenvalue weighted by atomic mass is 10.3. The summed E-state index contributed by atoms with van der Waals surface area (Å²) in [6.07, 6.45) is 1.65. The van der Waals surface area contributed by atoms with Crippen molar-refractivity contribution in [2.75, 3.05) is 10.6 Å². The fraction of sp³-hybridized carbons (Fsp3) is 0.250. The SMILES string of the molecule is O=C(CBr)Nc1ncc(Br)cc1CBr. The van der Waals surface area contributed by atoms with Crippen molar-refractivity contribution in [3.63, 3.8) is 0 Å². The Kier molecular flexibility index (Phi) is 5.05. The molecule has 0 aliphatic carbocycles. The van der Waals surface area contributed by atoms with Gasteiger partial charge in [0.15, 0.2) is 0 Å². The van der Waals surface area contributed by atoms with Gasteiger partial charge in [0.25, 0.3) is 0 Å². The van der Waals surface area contributed by atoms with Crippen molar-refractivity contribution in [2.24, 2.45) is 0 Å². The van der Waals surface area contributed by atoms with Gasteiger partial charge in [-0.25, -0.2) is 4.98 Å². The second-order valence-electron chi connectivity index (χ2n) is 2.48. The predicted molar refractivity (Wildman–Crippen MR) is 67.0 cm³/mol. The van der Waals surface area contributed by atoms with E-state index >= 15 is 0 Å². The number of alkyl halides is 2. The van der Waals surface area contributed by atoms with Crippen LogP contribution in [0.25, 0.3) is 0 Å². The Balaban J connectivity index is 2.90. The number of anilines is 1. The summed E-state index contributed by atoms with van der Waals surface area (Å²) in [5.74, 6) is 0.483. The lowest BCUT2D eigenvalue weighted by molar-refractivity contribution is -0.113. The van der Waals surface area contributed by atoms with Crippen LogP contribution in [0.5, 0.6) is 0 Å². The molecule has 1 amide bonds. The zero-order chi connectivity index (χ0) is 10.6. The van der Waals surface area contributed by atoms with Gasteiger partial charge in [-0.2, -0.15) is 0 Å². The summed E-state index contributed by atoms with van der Waals surface area (Å²) in [5, 5.41) is 3.61. The van der Waals surface area contributed by atoms with E-state index in [0.29, 0.717) is 11.1 Å². The third-order valence-electron chi connectivity index (χ3n) is 1.46. The molecule has 0 saturated carbocycles. The van der Waals surface area contributed by atoms with E-state index in [0.717, 1.165) is 10.0 Å². The molecule has 0 bridgehead atoms. The number of nitrogens with zero attached hydrogens (tertiary/aromatic N) is 1. The molecule has 0 fully saturated rings. The average Bonchev–Trinajstić information content (AvgIpc) is 2.20. The van der Waals surface area contributed by atoms with E-state index in [-0.39, 0.29) is 11.2 Å². The molecule has 0 spiro atoms. The molecule has 1 rings (SSSR count). The molecule has 3 nitrogen and oxygen atoms in total. The monoisotopic (exact) mass is 384 g/mol. The number of hydrogen-bond donors (Lipinski definition) is 1. The molecule has 1 aromatic rings. The Morgan fingerprint density at radius 1 is 1.50 bits per heavy atom. The van der Waals surface area contributed by atoms with Crippen LogP contribution in [-0.4, -0.2) is 16.2 Å². The summed E-state index contributed by atoms with van der Waals surface area (Å²) in [7, 11) is 0. The van der Waals surface area contributed by atoms with Crippen LogP contribution in [0.1, 0.15) is 5.56 Å². The Bertz CT molecular complexity index is 343. The number of hydrogen-bond acceptors (Lipinski definition) is 2. The Labute approximate surface area is 107 Å². The van der Waals surface area contributed by atoms with Crippen LogP contribution in [0.4, 0.5) is 5.82 Å². The molecule has 6 heteroatoms. The number of amides is 1. The third kappa shape index (κ3) is 3.33. The molecular formula is C8H7Br3N2O. The maximum absolute atomic E-state index is 11.1. The highest BCUT2D eigenvalue weighted by molar-refractivity contribution is 9.10. The lowest BCUT2D eigenvalue weighted by Gasteiger charge is -2.06. The lowest BCUT2D eigenvalue weighted by Crippen LogP contribution is -2.14. The maximum Gasteiger partial charge on any atom is 0.236 e. The first-order valence-electron chi connectivity index (χ1n) is 3.73. The summed E-state index contributed by atoms with van der Waals surface area (Å²) in [6, 6.07) is 1.91. The molecule has 0 radical (unpaired) electrons. The van der Waals surface area contributed by atoms with Crippen LogP contribution < -0.4 is 5.32 Å². The van der Waals surface area contributed by atoms with Gasteiger partial charge in [-0.15, -0.1) is 0 Å². The summed E-state index contributed by atoms with van der Waals surface area (Å²) < 4.78 is 0.892. The van der Waals surface area contributed by atoms with E-state index in [1.165, 1.54) is 0 Å². The molecule has 0 aromatic carbocycles. The molecule has 1 aromatic heterocycles. The fourth-order valence-corrected chi connectivity index (χ4v) is 1.81. The number of carbonyl (C=O) groups is 1. The highest BCUT2D eigenvalue weighted by Gasteiger charge is 2.06. The second kappa shape index (κ2) is 5.82. The number of rotatable bonds is 3. The van der Waals surface area contributed by atoms with Crippen molar-refractivity contribution in [1.82, 2.24) is 4.98 Å². The largest absolute Gasteiger partial charge is 0.310 e. The highest BCUT2D eigenvalue weighted by Crippen LogP contribution is 2.20. The zero-order valence-corrected chi connectivity index (χ0v) is 11.8. The van der Waals surface area contributed by atoms with Gasteiger partial charge in [-0.05, 0) is 22.0 Å². The summed E-state index contributed by atoms with van der Waals surface area (Å²) in [6.45, 7) is 0. The van der Waals surface area contributed by atoms with Gasteiger partial charge in [0.2, 0.25) is 5.91 Å². The number of pyridine rings is 1. The molecule has 0 aliphatic rings. The first-order chi connectivity index (χ1) is 6.67. The molecule has 0 aliphatic heterocycles. The number of aromatic nitrogens is 1. The van der Waals surface area contributed by atoms with Crippen molar-refractivity contribution < 1.29 is 4.79 Å². The van der Waals surface area contributed by atoms with Gasteiger partial charge in [0.05, 0.1) is 5.33 Å². The minimum Gasteiger partial charge on any atom is -0.310 e. The van der Waals surface area contributed by atoms with Crippen LogP contribution in [0.2, 0.25) is 0 Å². The van der Waals surface area contributed by atoms with E-state index in [9.17, 15) is 4.79 Å². The molecule has 0 unspecified atom stereocenters. The first-order valence-corrected chi connectivity index (χ1v) is 6.77. The smallest absolute Gasteiger partial charge is 0.236 e. The van der Waals surface area contributed by atoms with E-state index < -0.39 is 0 Å². The topological polar surface area (TPSA) is 42.0 Å². The van der Waals surface area contributed by atoms with Gasteiger partial charge in [-0.1, -0.05) is 31.9 Å². The van der Waals surface area contributed by atoms with Crippen LogP contribution in [0.3, 0.4) is 0 Å².